The van der Waals surface area contributed by atoms with Crippen LogP contribution in [0, 0.1) is 17.3 Å². The zero-order chi connectivity index (χ0) is 105. The van der Waals surface area contributed by atoms with E-state index in [1.165, 1.54) is 42.7 Å². The van der Waals surface area contributed by atoms with Gasteiger partial charge in [0, 0.05) is 51.0 Å². The number of ether oxygens (including phenoxy) is 7. The number of rotatable bonds is 30. The molecule has 0 aromatic heterocycles. The van der Waals surface area contributed by atoms with Crippen LogP contribution in [-0.4, -0.2) is 273 Å². The van der Waals surface area contributed by atoms with Gasteiger partial charge in [0.2, 0.25) is 24.4 Å². The molecule has 4 aliphatic rings. The molecule has 53 heteroatoms. The minimum atomic E-state index is -5.98. The largest absolute Gasteiger partial charge is 1.00 e. The molecule has 4 aliphatic carbocycles. The molecule has 0 aliphatic heterocycles. The number of benzene rings is 4. The van der Waals surface area contributed by atoms with Crippen LogP contribution in [0.3, 0.4) is 0 Å². The molecular formula is C83H107F14LiN3NaO29S5. The number of esters is 7. The number of nitrogens with zero attached hydrogens (tertiary/aromatic N) is 3. The predicted molar refractivity (Wildman–Crippen MR) is 448 cm³/mol. The number of hydrogen-bond donors (Lipinski definition) is 0. The third kappa shape index (κ3) is 55.1. The third-order valence-electron chi connectivity index (χ3n) is 17.3. The van der Waals surface area contributed by atoms with Gasteiger partial charge in [-0.15, -0.1) is 0 Å². The van der Waals surface area contributed by atoms with Crippen LogP contribution in [0.4, 0.5) is 61.5 Å². The molecule has 4 saturated carbocycles. The second-order valence-electron chi connectivity index (χ2n) is 34.1. The maximum Gasteiger partial charge on any atom is 1.00 e. The summed E-state index contributed by atoms with van der Waals surface area (Å²) in [6, 6.07) is 36.3. The van der Waals surface area contributed by atoms with Gasteiger partial charge in [-0.2, -0.15) is 61.5 Å². The molecular weight excluding hydrogens is 1960 g/mol. The van der Waals surface area contributed by atoms with Gasteiger partial charge >= 0.3 is 120 Å². The van der Waals surface area contributed by atoms with Crippen molar-refractivity contribution in [1.29, 1.82) is 0 Å². The molecule has 8 rings (SSSR count). The van der Waals surface area contributed by atoms with Crippen LogP contribution in [-0.2, 0) is 127 Å². The molecule has 136 heavy (non-hydrogen) atoms. The van der Waals surface area contributed by atoms with Gasteiger partial charge in [-0.1, -0.05) is 124 Å². The fraction of sp³-hybridized carbons (Fsp3) is 0.506. The first-order valence-corrected chi connectivity index (χ1v) is 46.5. The zero-order valence-electron chi connectivity index (χ0n) is 77.3. The average Bonchev–Trinajstić information content (AvgIpc) is 0.713. The first kappa shape index (κ1) is 132. The normalized spacial score (nSPS) is 17.5. The van der Waals surface area contributed by atoms with Crippen LogP contribution in [0.25, 0.3) is 0 Å². The van der Waals surface area contributed by atoms with Crippen molar-refractivity contribution in [3.8, 4) is 5.75 Å². The fourth-order valence-corrected chi connectivity index (χ4v) is 15.0. The third-order valence-corrected chi connectivity index (χ3v) is 21.1. The first-order chi connectivity index (χ1) is 60.0. The van der Waals surface area contributed by atoms with Crippen molar-refractivity contribution in [3.05, 3.63) is 198 Å². The fourth-order valence-electron chi connectivity index (χ4n) is 12.0. The van der Waals surface area contributed by atoms with E-state index in [-0.39, 0.29) is 119 Å². The van der Waals surface area contributed by atoms with E-state index < -0.39 is 187 Å². The monoisotopic (exact) mass is 2070 g/mol. The van der Waals surface area contributed by atoms with Crippen LogP contribution in [0.1, 0.15) is 107 Å². The van der Waals surface area contributed by atoms with Crippen molar-refractivity contribution in [1.82, 2.24) is 0 Å². The van der Waals surface area contributed by atoms with Gasteiger partial charge in [-0.3, -0.25) is 4.79 Å². The summed E-state index contributed by atoms with van der Waals surface area (Å²) in [6.07, 6.45) is -32.6. The van der Waals surface area contributed by atoms with E-state index in [1.54, 1.807) is 0 Å². The van der Waals surface area contributed by atoms with Crippen LogP contribution in [0.5, 0.6) is 5.75 Å². The van der Waals surface area contributed by atoms with Crippen molar-refractivity contribution < 1.29 is 255 Å². The summed E-state index contributed by atoms with van der Waals surface area (Å²) in [5.41, 5.74) is 1.04. The van der Waals surface area contributed by atoms with Gasteiger partial charge in [0.25, 0.3) is 0 Å². The van der Waals surface area contributed by atoms with Gasteiger partial charge in [0.15, 0.2) is 16.2 Å². The Labute approximate surface area is 815 Å². The molecule has 758 valence electrons. The molecule has 0 amide bonds. The number of hydrogen-bond acceptors (Lipinski definition) is 29. The van der Waals surface area contributed by atoms with E-state index in [1.807, 2.05) is 0 Å². The summed E-state index contributed by atoms with van der Waals surface area (Å²) >= 11 is 0. The Balaban J connectivity index is -0.00000152. The summed E-state index contributed by atoms with van der Waals surface area (Å²) in [5.74, 6) is -15.4. The van der Waals surface area contributed by atoms with E-state index in [0.29, 0.717) is 19.8 Å². The molecule has 0 spiro atoms. The molecule has 4 aromatic carbocycles. The smallest absolute Gasteiger partial charge is 0.748 e. The number of carbonyl (C=O) groups excluding carboxylic acids is 7. The van der Waals surface area contributed by atoms with E-state index in [0.717, 1.165) is 72.4 Å². The first-order valence-electron chi connectivity index (χ1n) is 38.8. The number of quaternary nitrogens is 3. The van der Waals surface area contributed by atoms with E-state index in [2.05, 4.69) is 211 Å². The minimum Gasteiger partial charge on any atom is -0.748 e. The molecule has 4 bridgehead atoms. The molecule has 0 N–H and O–H groups in total. The SMILES string of the molecule is C=C(C)C(=O)OC(CS(=O)(=O)[O-])C(F)(F)F.C=C(C)C(=O)OC(CS(=O)(=O)[O-])C(F)(F)F.C=C(C)C(=O)OC(CS(=O)(=O)[O-])C(F)(F)F.C=C(C)C(=O)OC12CC3CC(C1)CC(C(=O)OC(CS(=O)(=O)[O-])C(F)(F)F)(C3)C2.C=C(C)C(=O)Oc1ccc(C(=O)OC(C)C(F)(F)S(=O)(=O)[O-])cc1.C[N+](C)(C)Cc1ccccc1.C[N+](C)(C)Cc1ccccc1.C[N+](C)(C)Cc1ccccc1.[Li+].[Na+]. The van der Waals surface area contributed by atoms with Gasteiger partial charge in [-0.05, 0) is 110 Å². The molecule has 0 radical (unpaired) electrons. The van der Waals surface area contributed by atoms with Crippen LogP contribution in [0.2, 0.25) is 0 Å². The number of halogens is 14. The van der Waals surface area contributed by atoms with Crippen LogP contribution >= 0.6 is 0 Å². The topological polar surface area (TPSA) is 470 Å². The Morgan fingerprint density at radius 1 is 0.397 bits per heavy atom. The Kier molecular flexibility index (Phi) is 52.5. The average molecular weight is 2070 g/mol. The standard InChI is InChI=1S/C18H23F3O7S.C14H14F2O7S.3C10H16N.3C7H9F3O5S.Li.Na/c1-10(2)14(22)28-17-6-11-3-12(7-17)5-16(4-11,9-17)15(23)27-13(18(19,20)21)8-29(24,25)26;1-8(2)12(17)23-11-6-4-10(5-7-11)13(18)22-9(3)14(15,16)24(19,20)21;3*1-11(2,3)9-10-7-5-4-6-8-10;3*1-4(2)6(11)15-5(7(8,9)10)3-16(12,13)14;;/h11-13H,1,3-9H2,2H3,(H,24,25,26);4-7,9H,1H2,2-3H3,(H,19,20,21);3*4-8H,9H2,1-3H3;3*5H,1,3H2,2H3,(H,12,13,14);;/q;;3*+1;;;;2*+1/p-5. The van der Waals surface area contributed by atoms with Crippen molar-refractivity contribution in [2.45, 2.75) is 166 Å². The second-order valence-corrected chi connectivity index (χ2v) is 41.4. The maximum absolute atomic E-state index is 13.2. The molecule has 32 nitrogen and oxygen atoms in total. The van der Waals surface area contributed by atoms with Crippen LogP contribution < -0.4 is 53.2 Å². The minimum absolute atomic E-state index is 0. The van der Waals surface area contributed by atoms with Crippen molar-refractivity contribution in [2.75, 3.05) is 86.4 Å². The van der Waals surface area contributed by atoms with Gasteiger partial charge < -0.3 is 69.4 Å². The van der Waals surface area contributed by atoms with Gasteiger partial charge in [0.1, 0.15) is 31.0 Å². The molecule has 7 atom stereocenters. The summed E-state index contributed by atoms with van der Waals surface area (Å²) in [5, 5.41) is -4.76. The van der Waals surface area contributed by atoms with Gasteiger partial charge in [0.05, 0.1) is 138 Å². The second kappa shape index (κ2) is 54.1. The molecule has 4 fully saturated rings. The van der Waals surface area contributed by atoms with E-state index in [4.69, 9.17) is 9.47 Å². The van der Waals surface area contributed by atoms with Crippen LogP contribution in [0.15, 0.2) is 176 Å². The summed E-state index contributed by atoms with van der Waals surface area (Å²) in [6.45, 7) is 26.0. The zero-order valence-corrected chi connectivity index (χ0v) is 83.3. The Bertz CT molecular complexity index is 4980. The molecule has 0 heterocycles. The molecule has 7 unspecified atom stereocenters. The summed E-state index contributed by atoms with van der Waals surface area (Å²) in [7, 11) is -6.91. The Morgan fingerprint density at radius 3 is 0.882 bits per heavy atom. The Morgan fingerprint density at radius 2 is 0.654 bits per heavy atom. The summed E-state index contributed by atoms with van der Waals surface area (Å²) in [4.78, 5) is 80.2. The van der Waals surface area contributed by atoms with E-state index in [9.17, 15) is 160 Å². The van der Waals surface area contributed by atoms with Gasteiger partial charge in [-0.25, -0.2) is 70.9 Å². The van der Waals surface area contributed by atoms with Crippen molar-refractivity contribution in [2.24, 2.45) is 17.3 Å². The molecule has 0 saturated heterocycles. The Hall–Kier alpha value is -8.08. The van der Waals surface area contributed by atoms with E-state index >= 15 is 0 Å². The van der Waals surface area contributed by atoms with Crippen molar-refractivity contribution >= 4 is 92.4 Å². The predicted octanol–water partition coefficient (Wildman–Crippen LogP) is 5.75. The summed E-state index contributed by atoms with van der Waals surface area (Å²) < 4.78 is 365. The number of carbonyl (C=O) groups is 7. The quantitative estimate of drug-likeness (QED) is 0.00876. The van der Waals surface area contributed by atoms with Crippen molar-refractivity contribution in [3.63, 3.8) is 0 Å². The maximum atomic E-state index is 13.2. The number of alkyl halides is 14. The molecule has 4 aromatic rings.